The molecule has 11 rings (SSSR count). The number of hydrogen-bond donors (Lipinski definition) is 4. The van der Waals surface area contributed by atoms with Gasteiger partial charge in [-0.1, -0.05) is 72.3 Å². The molecular formula is C53H50F2N10O5S3. The maximum Gasteiger partial charge on any atom is 0.315 e. The van der Waals surface area contributed by atoms with Crippen LogP contribution in [0.5, 0.6) is 0 Å². The normalized spacial score (nSPS) is 19.7. The van der Waals surface area contributed by atoms with Gasteiger partial charge in [-0.05, 0) is 66.4 Å². The Morgan fingerprint density at radius 2 is 1.66 bits per heavy atom. The summed E-state index contributed by atoms with van der Waals surface area (Å²) in [6.07, 6.45) is 2.29. The highest BCUT2D eigenvalue weighted by molar-refractivity contribution is 8.00. The van der Waals surface area contributed by atoms with Crippen molar-refractivity contribution in [2.45, 2.75) is 68.3 Å². The van der Waals surface area contributed by atoms with E-state index in [4.69, 9.17) is 20.0 Å². The first-order chi connectivity index (χ1) is 35.6. The van der Waals surface area contributed by atoms with Crippen LogP contribution in [0.25, 0.3) is 33.1 Å². The summed E-state index contributed by atoms with van der Waals surface area (Å²) >= 11 is 4.81. The smallest absolute Gasteiger partial charge is 0.315 e. The minimum absolute atomic E-state index is 0.0584. The second-order valence-electron chi connectivity index (χ2n) is 18.4. The Balaban J connectivity index is 0.744. The van der Waals surface area contributed by atoms with E-state index in [9.17, 15) is 23.6 Å². The molecule has 0 saturated carbocycles. The Labute approximate surface area is 431 Å². The van der Waals surface area contributed by atoms with E-state index in [-0.39, 0.29) is 54.3 Å². The number of para-hydroxylation sites is 1. The summed E-state index contributed by atoms with van der Waals surface area (Å²) in [5, 5.41) is 24.3. The molecule has 4 aliphatic rings. The minimum atomic E-state index is -0.718. The van der Waals surface area contributed by atoms with Crippen LogP contribution in [0.15, 0.2) is 109 Å². The fourth-order valence-electron chi connectivity index (χ4n) is 10.2. The molecule has 3 aliphatic heterocycles. The Bertz CT molecular complexity index is 3240. The van der Waals surface area contributed by atoms with Crippen LogP contribution in [-0.2, 0) is 27.3 Å². The first kappa shape index (κ1) is 48.3. The summed E-state index contributed by atoms with van der Waals surface area (Å²) in [5.41, 5.74) is 6.68. The predicted molar refractivity (Wildman–Crippen MR) is 279 cm³/mol. The third kappa shape index (κ3) is 9.83. The standard InChI is InChI=1S/C53H50F2N10O5S3/c1-63-39-19-18-31(54)25-35(39)52(68)65(40-15-7-6-14-36(40)55)51(63)44-21-20-42(73-44)37-28-72-47(58-37)26-64-50-32-11-3-2-10-30(32)24-41(33-12-4-5-13-34(33)48(50)61-62-64)70-27-46(67)57-23-22-56-45(66)17-9-8-16-43-49-38(29-71-43)59-53(69)60-49/h2-7,10-15,18-21,25,28,38,41,43,49,51H,8-9,16-17,22-24,26-27,29H2,1H3,(H,56,66)(H,57,67)(H2,59,60,69)/t38-,41?,43-,49-,51?/m0/s1. The fourth-order valence-corrected chi connectivity index (χ4v) is 13.7. The number of fused-ring (bicyclic) bond motifs is 7. The third-order valence-electron chi connectivity index (χ3n) is 13.7. The molecule has 4 N–H and O–H groups in total. The summed E-state index contributed by atoms with van der Waals surface area (Å²) in [5.74, 6) is -1.06. The number of thiazole rings is 1. The van der Waals surface area contributed by atoms with Crippen molar-refractivity contribution >= 4 is 69.6 Å². The van der Waals surface area contributed by atoms with Gasteiger partial charge in [-0.3, -0.25) is 19.3 Å². The second kappa shape index (κ2) is 20.9. The van der Waals surface area contributed by atoms with Crippen molar-refractivity contribution in [1.82, 2.24) is 41.2 Å². The quantitative estimate of drug-likeness (QED) is 0.0543. The molecule has 3 aromatic heterocycles. The van der Waals surface area contributed by atoms with Gasteiger partial charge in [0.2, 0.25) is 11.8 Å². The number of thiophene rings is 1. The van der Waals surface area contributed by atoms with Gasteiger partial charge in [-0.25, -0.2) is 23.2 Å². The van der Waals surface area contributed by atoms with E-state index in [1.165, 1.54) is 45.8 Å². The van der Waals surface area contributed by atoms with Crippen molar-refractivity contribution in [3.05, 3.63) is 147 Å². The lowest BCUT2D eigenvalue weighted by Crippen LogP contribution is -2.48. The van der Waals surface area contributed by atoms with E-state index in [0.29, 0.717) is 42.6 Å². The molecular weight excluding hydrogens is 991 g/mol. The van der Waals surface area contributed by atoms with Crippen LogP contribution < -0.4 is 31.1 Å². The van der Waals surface area contributed by atoms with Gasteiger partial charge in [-0.2, -0.15) is 11.8 Å². The van der Waals surface area contributed by atoms with E-state index >= 15 is 4.39 Å². The molecule has 2 saturated heterocycles. The van der Waals surface area contributed by atoms with Crippen LogP contribution >= 0.6 is 34.4 Å². The van der Waals surface area contributed by atoms with Gasteiger partial charge < -0.3 is 30.9 Å². The maximum absolute atomic E-state index is 15.4. The molecule has 1 aliphatic carbocycles. The van der Waals surface area contributed by atoms with Crippen molar-refractivity contribution in [2.75, 3.05) is 42.3 Å². The van der Waals surface area contributed by atoms with Crippen molar-refractivity contribution in [1.29, 1.82) is 0 Å². The molecule has 5 atom stereocenters. The molecule has 0 radical (unpaired) electrons. The SMILES string of the molecule is CN1c2ccc(F)cc2C(=O)N(c2ccccc2F)C1c1ccc(-c2csc(Cn3nnc4c3-c3ccccc3CC(OCC(=O)NCCNC(=O)CCCC[C@@H]3SC[C@@H]5NC(=O)N[C@@H]53)c3ccccc3-4)n2)s1. The number of carbonyl (C=O) groups excluding carboxylic acids is 4. The van der Waals surface area contributed by atoms with Gasteiger partial charge in [-0.15, -0.1) is 27.8 Å². The topological polar surface area (TPSA) is 176 Å². The first-order valence-corrected chi connectivity index (χ1v) is 26.9. The monoisotopic (exact) mass is 1040 g/mol. The minimum Gasteiger partial charge on any atom is -0.363 e. The Morgan fingerprint density at radius 3 is 2.52 bits per heavy atom. The largest absolute Gasteiger partial charge is 0.363 e. The average molecular weight is 1040 g/mol. The molecule has 2 unspecified atom stereocenters. The number of anilines is 2. The van der Waals surface area contributed by atoms with Gasteiger partial charge in [0.25, 0.3) is 5.91 Å². The number of aromatic nitrogens is 4. The predicted octanol–water partition coefficient (Wildman–Crippen LogP) is 8.49. The number of rotatable bonds is 16. The zero-order valence-electron chi connectivity index (χ0n) is 39.6. The highest BCUT2D eigenvalue weighted by Gasteiger charge is 2.43. The first-order valence-electron chi connectivity index (χ1n) is 24.2. The van der Waals surface area contributed by atoms with Crippen LogP contribution in [-0.4, -0.2) is 93.6 Å². The maximum atomic E-state index is 15.4. The fraction of sp³-hybridized carbons (Fsp3) is 0.302. The Morgan fingerprint density at radius 1 is 0.863 bits per heavy atom. The molecule has 4 aromatic carbocycles. The number of nitrogens with one attached hydrogen (secondary N) is 4. The molecule has 15 nitrogen and oxygen atoms in total. The highest BCUT2D eigenvalue weighted by atomic mass is 32.2. The van der Waals surface area contributed by atoms with Gasteiger partial charge in [0.1, 0.15) is 35.1 Å². The lowest BCUT2D eigenvalue weighted by molar-refractivity contribution is -0.128. The zero-order chi connectivity index (χ0) is 50.2. The molecule has 0 bridgehead atoms. The van der Waals surface area contributed by atoms with Gasteiger partial charge in [0.15, 0.2) is 0 Å². The highest BCUT2D eigenvalue weighted by Crippen LogP contribution is 2.46. The Hall–Kier alpha value is -7.00. The van der Waals surface area contributed by atoms with Crippen LogP contribution in [0, 0.1) is 11.6 Å². The molecule has 6 heterocycles. The second-order valence-corrected chi connectivity index (χ2v) is 21.7. The zero-order valence-corrected chi connectivity index (χ0v) is 42.0. The van der Waals surface area contributed by atoms with Crippen LogP contribution in [0.3, 0.4) is 0 Å². The lowest BCUT2D eigenvalue weighted by Gasteiger charge is -2.43. The molecule has 5 amide bonds. The summed E-state index contributed by atoms with van der Waals surface area (Å²) in [7, 11) is 1.81. The number of amides is 5. The van der Waals surface area contributed by atoms with E-state index in [2.05, 4.69) is 27.3 Å². The summed E-state index contributed by atoms with van der Waals surface area (Å²) in [6.45, 7) is 0.720. The number of halogens is 2. The summed E-state index contributed by atoms with van der Waals surface area (Å²) in [4.78, 5) is 61.3. The number of nitrogens with zero attached hydrogens (tertiary/aromatic N) is 6. The average Bonchev–Trinajstić information content (AvgIpc) is 4.26. The van der Waals surface area contributed by atoms with Crippen LogP contribution in [0.4, 0.5) is 25.0 Å². The van der Waals surface area contributed by atoms with Gasteiger partial charge in [0.05, 0.1) is 57.9 Å². The van der Waals surface area contributed by atoms with E-state index < -0.39 is 29.8 Å². The number of unbranched alkanes of at least 4 members (excludes halogenated alkanes) is 1. The van der Waals surface area contributed by atoms with E-state index in [0.717, 1.165) is 73.4 Å². The van der Waals surface area contributed by atoms with Crippen molar-refractivity contribution in [3.63, 3.8) is 0 Å². The van der Waals surface area contributed by atoms with Gasteiger partial charge in [0, 0.05) is 65.4 Å². The van der Waals surface area contributed by atoms with Crippen LogP contribution in [0.2, 0.25) is 0 Å². The third-order valence-corrected chi connectivity index (χ3v) is 17.2. The number of benzene rings is 4. The van der Waals surface area contributed by atoms with Gasteiger partial charge >= 0.3 is 6.03 Å². The van der Waals surface area contributed by atoms with Crippen molar-refractivity contribution in [3.8, 4) is 33.1 Å². The summed E-state index contributed by atoms with van der Waals surface area (Å²) in [6, 6.07) is 30.2. The number of carbonyl (C=O) groups is 4. The molecule has 0 spiro atoms. The van der Waals surface area contributed by atoms with Crippen LogP contribution in [0.1, 0.15) is 69.3 Å². The number of urea groups is 1. The molecule has 7 aromatic rings. The van der Waals surface area contributed by atoms with Crippen molar-refractivity contribution < 1.29 is 32.7 Å². The number of ether oxygens (including phenoxy) is 1. The number of thioether (sulfide) groups is 1. The molecule has 2 fully saturated rings. The summed E-state index contributed by atoms with van der Waals surface area (Å²) < 4.78 is 38.2. The Kier molecular flexibility index (Phi) is 13.8. The van der Waals surface area contributed by atoms with E-state index in [1.54, 1.807) is 24.3 Å². The number of hydrogen-bond acceptors (Lipinski definition) is 12. The lowest BCUT2D eigenvalue weighted by atomic mass is 9.87. The molecule has 73 heavy (non-hydrogen) atoms. The molecule has 20 heteroatoms. The van der Waals surface area contributed by atoms with Crippen molar-refractivity contribution in [2.24, 2.45) is 0 Å². The molecule has 374 valence electrons. The van der Waals surface area contributed by atoms with E-state index in [1.807, 2.05) is 88.4 Å².